The van der Waals surface area contributed by atoms with Gasteiger partial charge in [-0.25, -0.2) is 0 Å². The standard InChI is InChI=1S/C11H24O.C10H22O/c1-3-4-5-6-7-8-9-10-11(2)12;1-2-3-4-5-6-7-8-9-10-11/h11-12H,3-10H2,1-2H3;11H,2-10H2,1H3. The maximum absolute atomic E-state index is 8.99. The minimum Gasteiger partial charge on any atom is -0.396 e. The predicted octanol–water partition coefficient (Wildman–Crippen LogP) is 6.63. The van der Waals surface area contributed by atoms with Crippen molar-refractivity contribution in [3.63, 3.8) is 0 Å². The fraction of sp³-hybridized carbons (Fsp3) is 1.00. The second kappa shape index (κ2) is 24.2. The van der Waals surface area contributed by atoms with Crippen LogP contribution < -0.4 is 0 Å². The molecule has 0 aliphatic rings. The molecule has 1 atom stereocenters. The number of hydrogen-bond donors (Lipinski definition) is 2. The summed E-state index contributed by atoms with van der Waals surface area (Å²) in [5.74, 6) is 0. The molecule has 142 valence electrons. The first-order valence-electron chi connectivity index (χ1n) is 10.5. The summed E-state index contributed by atoms with van der Waals surface area (Å²) in [5, 5.41) is 17.5. The van der Waals surface area contributed by atoms with E-state index >= 15 is 0 Å². The van der Waals surface area contributed by atoms with Crippen LogP contribution in [-0.2, 0) is 0 Å². The summed E-state index contributed by atoms with van der Waals surface area (Å²) in [6.07, 6.45) is 20.6. The van der Waals surface area contributed by atoms with Crippen molar-refractivity contribution in [1.29, 1.82) is 0 Å². The molecular formula is C21H46O2. The van der Waals surface area contributed by atoms with Gasteiger partial charge >= 0.3 is 0 Å². The minimum atomic E-state index is -0.0966. The van der Waals surface area contributed by atoms with Gasteiger partial charge in [0.1, 0.15) is 0 Å². The van der Waals surface area contributed by atoms with Crippen LogP contribution in [0.3, 0.4) is 0 Å². The van der Waals surface area contributed by atoms with Crippen LogP contribution in [0.4, 0.5) is 0 Å². The van der Waals surface area contributed by atoms with Crippen LogP contribution in [0.1, 0.15) is 124 Å². The zero-order chi connectivity index (χ0) is 17.6. The van der Waals surface area contributed by atoms with Crippen molar-refractivity contribution in [2.24, 2.45) is 0 Å². The van der Waals surface area contributed by atoms with E-state index in [-0.39, 0.29) is 6.10 Å². The van der Waals surface area contributed by atoms with Crippen LogP contribution in [0.2, 0.25) is 0 Å². The van der Waals surface area contributed by atoms with E-state index in [1.54, 1.807) is 0 Å². The summed E-state index contributed by atoms with van der Waals surface area (Å²) >= 11 is 0. The second-order valence-electron chi connectivity index (χ2n) is 6.96. The maximum Gasteiger partial charge on any atom is 0.0512 e. The van der Waals surface area contributed by atoms with E-state index in [4.69, 9.17) is 10.2 Å². The van der Waals surface area contributed by atoms with Crippen molar-refractivity contribution in [2.45, 2.75) is 130 Å². The fourth-order valence-electron chi connectivity index (χ4n) is 2.64. The largest absolute Gasteiger partial charge is 0.396 e. The smallest absolute Gasteiger partial charge is 0.0512 e. The van der Waals surface area contributed by atoms with Crippen molar-refractivity contribution in [3.8, 4) is 0 Å². The first-order valence-corrected chi connectivity index (χ1v) is 10.5. The third-order valence-corrected chi connectivity index (χ3v) is 4.24. The zero-order valence-electron chi connectivity index (χ0n) is 16.5. The Morgan fingerprint density at radius 2 is 0.913 bits per heavy atom. The Morgan fingerprint density at radius 1 is 0.565 bits per heavy atom. The van der Waals surface area contributed by atoms with Gasteiger partial charge < -0.3 is 10.2 Å². The third-order valence-electron chi connectivity index (χ3n) is 4.24. The molecule has 2 N–H and O–H groups in total. The van der Waals surface area contributed by atoms with Crippen molar-refractivity contribution in [3.05, 3.63) is 0 Å². The van der Waals surface area contributed by atoms with Crippen LogP contribution in [0.5, 0.6) is 0 Å². The zero-order valence-corrected chi connectivity index (χ0v) is 16.5. The van der Waals surface area contributed by atoms with Gasteiger partial charge in [0.25, 0.3) is 0 Å². The normalized spacial score (nSPS) is 11.9. The summed E-state index contributed by atoms with van der Waals surface area (Å²) in [4.78, 5) is 0. The molecule has 0 aromatic carbocycles. The second-order valence-corrected chi connectivity index (χ2v) is 6.96. The van der Waals surface area contributed by atoms with Crippen molar-refractivity contribution in [1.82, 2.24) is 0 Å². The molecule has 2 nitrogen and oxygen atoms in total. The average molecular weight is 331 g/mol. The van der Waals surface area contributed by atoms with Crippen molar-refractivity contribution >= 4 is 0 Å². The van der Waals surface area contributed by atoms with E-state index < -0.39 is 0 Å². The molecule has 0 saturated carbocycles. The van der Waals surface area contributed by atoms with Crippen molar-refractivity contribution < 1.29 is 10.2 Å². The number of unbranched alkanes of at least 4 members (excludes halogenated alkanes) is 13. The summed E-state index contributed by atoms with van der Waals surface area (Å²) in [7, 11) is 0. The molecule has 1 unspecified atom stereocenters. The topological polar surface area (TPSA) is 40.5 Å². The molecule has 0 saturated heterocycles. The molecule has 0 fully saturated rings. The average Bonchev–Trinajstić information content (AvgIpc) is 2.54. The molecule has 0 bridgehead atoms. The molecular weight excluding hydrogens is 284 g/mol. The van der Waals surface area contributed by atoms with Crippen LogP contribution in [0.15, 0.2) is 0 Å². The van der Waals surface area contributed by atoms with Crippen LogP contribution >= 0.6 is 0 Å². The Bertz CT molecular complexity index is 173. The monoisotopic (exact) mass is 330 g/mol. The molecule has 0 aromatic rings. The van der Waals surface area contributed by atoms with E-state index in [2.05, 4.69) is 13.8 Å². The molecule has 23 heavy (non-hydrogen) atoms. The first kappa shape index (κ1) is 25.2. The van der Waals surface area contributed by atoms with Crippen LogP contribution in [0, 0.1) is 0 Å². The summed E-state index contributed by atoms with van der Waals surface area (Å²) in [5.41, 5.74) is 0. The van der Waals surface area contributed by atoms with Gasteiger partial charge in [-0.1, -0.05) is 104 Å². The predicted molar refractivity (Wildman–Crippen MR) is 104 cm³/mol. The molecule has 0 aromatic heterocycles. The summed E-state index contributed by atoms with van der Waals surface area (Å²) < 4.78 is 0. The minimum absolute atomic E-state index is 0.0966. The molecule has 2 heteroatoms. The van der Waals surface area contributed by atoms with E-state index in [0.717, 1.165) is 12.8 Å². The highest BCUT2D eigenvalue weighted by molar-refractivity contribution is 4.49. The van der Waals surface area contributed by atoms with Crippen LogP contribution in [-0.4, -0.2) is 22.9 Å². The number of aliphatic hydroxyl groups excluding tert-OH is 2. The fourth-order valence-corrected chi connectivity index (χ4v) is 2.64. The molecule has 0 aliphatic heterocycles. The molecule has 0 rings (SSSR count). The highest BCUT2D eigenvalue weighted by Crippen LogP contribution is 2.09. The van der Waals surface area contributed by atoms with E-state index in [1.165, 1.54) is 89.9 Å². The lowest BCUT2D eigenvalue weighted by Crippen LogP contribution is -1.98. The van der Waals surface area contributed by atoms with Gasteiger partial charge in [-0.3, -0.25) is 0 Å². The molecule has 0 aliphatic carbocycles. The lowest BCUT2D eigenvalue weighted by atomic mass is 10.1. The third kappa shape index (κ3) is 30.4. The summed E-state index contributed by atoms with van der Waals surface area (Å²) in [6.45, 7) is 6.73. The first-order chi connectivity index (χ1) is 11.2. The SMILES string of the molecule is CCCCCCCCCC(C)O.CCCCCCCCCCO. The number of hydrogen-bond acceptors (Lipinski definition) is 2. The van der Waals surface area contributed by atoms with E-state index in [0.29, 0.717) is 6.61 Å². The molecule has 0 spiro atoms. The molecule has 0 radical (unpaired) electrons. The lowest BCUT2D eigenvalue weighted by molar-refractivity contribution is 0.180. The Hall–Kier alpha value is -0.0800. The highest BCUT2D eigenvalue weighted by Gasteiger charge is 1.95. The lowest BCUT2D eigenvalue weighted by Gasteiger charge is -2.03. The van der Waals surface area contributed by atoms with Crippen LogP contribution in [0.25, 0.3) is 0 Å². The Morgan fingerprint density at radius 3 is 1.26 bits per heavy atom. The van der Waals surface area contributed by atoms with Gasteiger partial charge in [0, 0.05) is 6.61 Å². The Labute approximate surface area is 147 Å². The highest BCUT2D eigenvalue weighted by atomic mass is 16.3. The molecule has 0 amide bonds. The number of aliphatic hydroxyl groups is 2. The maximum atomic E-state index is 8.99. The van der Waals surface area contributed by atoms with Crippen molar-refractivity contribution in [2.75, 3.05) is 6.61 Å². The quantitative estimate of drug-likeness (QED) is 0.312. The van der Waals surface area contributed by atoms with Gasteiger partial charge in [0.2, 0.25) is 0 Å². The Kier molecular flexibility index (Phi) is 26.5. The molecule has 0 heterocycles. The summed E-state index contributed by atoms with van der Waals surface area (Å²) in [6, 6.07) is 0. The Balaban J connectivity index is 0. The van der Waals surface area contributed by atoms with Gasteiger partial charge in [0.15, 0.2) is 0 Å². The van der Waals surface area contributed by atoms with E-state index in [1.807, 2.05) is 6.92 Å². The van der Waals surface area contributed by atoms with Gasteiger partial charge in [-0.15, -0.1) is 0 Å². The van der Waals surface area contributed by atoms with Gasteiger partial charge in [-0.05, 0) is 19.8 Å². The van der Waals surface area contributed by atoms with Gasteiger partial charge in [0.05, 0.1) is 6.10 Å². The van der Waals surface area contributed by atoms with Gasteiger partial charge in [-0.2, -0.15) is 0 Å². The number of rotatable bonds is 16. The van der Waals surface area contributed by atoms with E-state index in [9.17, 15) is 0 Å².